The summed E-state index contributed by atoms with van der Waals surface area (Å²) >= 11 is 0. The predicted molar refractivity (Wildman–Crippen MR) is 98.7 cm³/mol. The van der Waals surface area contributed by atoms with Crippen LogP contribution < -0.4 is 14.8 Å². The number of fused-ring (bicyclic) bond motifs is 1. The van der Waals surface area contributed by atoms with Crippen molar-refractivity contribution in [2.75, 3.05) is 40.1 Å². The van der Waals surface area contributed by atoms with Crippen LogP contribution in [0.5, 0.6) is 11.5 Å². The van der Waals surface area contributed by atoms with E-state index in [1.54, 1.807) is 24.9 Å². The number of esters is 1. The van der Waals surface area contributed by atoms with Gasteiger partial charge in [-0.25, -0.2) is 9.48 Å². The molecule has 0 saturated carbocycles. The van der Waals surface area contributed by atoms with Gasteiger partial charge in [-0.15, -0.1) is 0 Å². The highest BCUT2D eigenvalue weighted by molar-refractivity contribution is 5.90. The topological polar surface area (TPSA) is 83.8 Å². The number of methoxy groups -OCH3 is 1. The number of nitrogens with one attached hydrogen (secondary N) is 1. The Bertz CT molecular complexity index is 775. The van der Waals surface area contributed by atoms with Crippen LogP contribution in [-0.2, 0) is 16.0 Å². The van der Waals surface area contributed by atoms with Gasteiger partial charge < -0.3 is 24.3 Å². The van der Waals surface area contributed by atoms with Gasteiger partial charge in [0.25, 0.3) is 0 Å². The zero-order chi connectivity index (χ0) is 19.1. The lowest BCUT2D eigenvalue weighted by atomic mass is 10.2. The van der Waals surface area contributed by atoms with Crippen molar-refractivity contribution in [3.8, 4) is 17.2 Å². The lowest BCUT2D eigenvalue weighted by molar-refractivity contribution is 0.0525. The SMILES string of the molecule is CCOC(=O)c1cnn(-c2ccc3c(c2)OCCO3)c1CNCCCOC. The van der Waals surface area contributed by atoms with Gasteiger partial charge in [0, 0.05) is 26.3 Å². The molecule has 1 aromatic heterocycles. The molecule has 0 radical (unpaired) electrons. The minimum Gasteiger partial charge on any atom is -0.486 e. The molecule has 146 valence electrons. The van der Waals surface area contributed by atoms with Gasteiger partial charge in [0.05, 0.1) is 24.2 Å². The lowest BCUT2D eigenvalue weighted by Crippen LogP contribution is -2.21. The zero-order valence-corrected chi connectivity index (χ0v) is 15.7. The third kappa shape index (κ3) is 4.58. The van der Waals surface area contributed by atoms with Gasteiger partial charge >= 0.3 is 5.97 Å². The monoisotopic (exact) mass is 375 g/mol. The highest BCUT2D eigenvalue weighted by atomic mass is 16.6. The number of rotatable bonds is 9. The van der Waals surface area contributed by atoms with Crippen molar-refractivity contribution < 1.29 is 23.7 Å². The van der Waals surface area contributed by atoms with Crippen molar-refractivity contribution >= 4 is 5.97 Å². The van der Waals surface area contributed by atoms with Crippen molar-refractivity contribution in [2.45, 2.75) is 19.9 Å². The van der Waals surface area contributed by atoms with Gasteiger partial charge in [0.1, 0.15) is 18.8 Å². The first-order chi connectivity index (χ1) is 13.2. The molecular formula is C19H25N3O5. The summed E-state index contributed by atoms with van der Waals surface area (Å²) in [5.74, 6) is 1.00. The van der Waals surface area contributed by atoms with Crippen LogP contribution >= 0.6 is 0 Å². The molecule has 1 aliphatic rings. The summed E-state index contributed by atoms with van der Waals surface area (Å²) < 4.78 is 23.2. The molecule has 0 atom stereocenters. The normalized spacial score (nSPS) is 12.8. The van der Waals surface area contributed by atoms with Gasteiger partial charge in [0.2, 0.25) is 0 Å². The fourth-order valence-corrected chi connectivity index (χ4v) is 2.86. The fourth-order valence-electron chi connectivity index (χ4n) is 2.86. The minimum atomic E-state index is -0.380. The Morgan fingerprint density at radius 1 is 1.30 bits per heavy atom. The third-order valence-electron chi connectivity index (χ3n) is 4.13. The quantitative estimate of drug-likeness (QED) is 0.530. The zero-order valence-electron chi connectivity index (χ0n) is 15.7. The fraction of sp³-hybridized carbons (Fsp3) is 0.474. The highest BCUT2D eigenvalue weighted by Crippen LogP contribution is 2.32. The Morgan fingerprint density at radius 3 is 2.89 bits per heavy atom. The highest BCUT2D eigenvalue weighted by Gasteiger charge is 2.20. The number of ether oxygens (including phenoxy) is 4. The molecule has 3 rings (SSSR count). The van der Waals surface area contributed by atoms with E-state index in [-0.39, 0.29) is 5.97 Å². The van der Waals surface area contributed by atoms with Gasteiger partial charge in [-0.1, -0.05) is 0 Å². The summed E-state index contributed by atoms with van der Waals surface area (Å²) in [6.07, 6.45) is 2.42. The third-order valence-corrected chi connectivity index (χ3v) is 4.13. The minimum absolute atomic E-state index is 0.314. The van der Waals surface area contributed by atoms with E-state index in [0.29, 0.717) is 50.0 Å². The first-order valence-corrected chi connectivity index (χ1v) is 9.08. The van der Waals surface area contributed by atoms with Crippen LogP contribution in [0.15, 0.2) is 24.4 Å². The van der Waals surface area contributed by atoms with Gasteiger partial charge in [-0.2, -0.15) is 5.10 Å². The van der Waals surface area contributed by atoms with Crippen LogP contribution in [0.25, 0.3) is 5.69 Å². The van der Waals surface area contributed by atoms with E-state index in [9.17, 15) is 4.79 Å². The standard InChI is InChI=1S/C19H25N3O5/c1-3-25-19(23)15-12-21-22(16(15)13-20-7-4-8-24-2)14-5-6-17-18(11-14)27-10-9-26-17/h5-6,11-12,20H,3-4,7-10,13H2,1-2H3. The number of hydrogen-bond donors (Lipinski definition) is 1. The van der Waals surface area contributed by atoms with E-state index in [0.717, 1.165) is 24.3 Å². The summed E-state index contributed by atoms with van der Waals surface area (Å²) in [4.78, 5) is 12.3. The average Bonchev–Trinajstić information content (AvgIpc) is 3.11. The van der Waals surface area contributed by atoms with Crippen molar-refractivity contribution in [2.24, 2.45) is 0 Å². The summed E-state index contributed by atoms with van der Waals surface area (Å²) in [5.41, 5.74) is 1.98. The van der Waals surface area contributed by atoms with E-state index in [2.05, 4.69) is 10.4 Å². The number of hydrogen-bond acceptors (Lipinski definition) is 7. The summed E-state index contributed by atoms with van der Waals surface area (Å²) in [5, 5.41) is 7.74. The van der Waals surface area contributed by atoms with E-state index in [4.69, 9.17) is 18.9 Å². The molecule has 0 amide bonds. The average molecular weight is 375 g/mol. The Kier molecular flexibility index (Phi) is 6.67. The van der Waals surface area contributed by atoms with Gasteiger partial charge in [-0.3, -0.25) is 0 Å². The summed E-state index contributed by atoms with van der Waals surface area (Å²) in [6.45, 7) is 5.07. The molecule has 8 nitrogen and oxygen atoms in total. The Morgan fingerprint density at radius 2 is 2.11 bits per heavy atom. The second-order valence-electron chi connectivity index (χ2n) is 5.99. The first-order valence-electron chi connectivity index (χ1n) is 9.08. The molecule has 8 heteroatoms. The molecule has 0 aliphatic carbocycles. The van der Waals surface area contributed by atoms with Crippen molar-refractivity contribution in [3.05, 3.63) is 35.7 Å². The Hall–Kier alpha value is -2.58. The molecule has 1 N–H and O–H groups in total. The second kappa shape index (κ2) is 9.38. The molecular weight excluding hydrogens is 350 g/mol. The van der Waals surface area contributed by atoms with Crippen LogP contribution in [0.4, 0.5) is 0 Å². The largest absolute Gasteiger partial charge is 0.486 e. The molecule has 27 heavy (non-hydrogen) atoms. The van der Waals surface area contributed by atoms with E-state index in [1.165, 1.54) is 0 Å². The molecule has 2 heterocycles. The maximum absolute atomic E-state index is 12.3. The number of carbonyl (C=O) groups excluding carboxylic acids is 1. The number of carbonyl (C=O) groups is 1. The first kappa shape index (κ1) is 19.2. The van der Waals surface area contributed by atoms with E-state index >= 15 is 0 Å². The van der Waals surface area contributed by atoms with Crippen molar-refractivity contribution in [1.29, 1.82) is 0 Å². The van der Waals surface area contributed by atoms with Crippen LogP contribution in [0.3, 0.4) is 0 Å². The molecule has 2 aromatic rings. The van der Waals surface area contributed by atoms with Gasteiger partial charge in [0.15, 0.2) is 11.5 Å². The predicted octanol–water partition coefficient (Wildman–Crippen LogP) is 1.95. The smallest absolute Gasteiger partial charge is 0.341 e. The number of nitrogens with zero attached hydrogens (tertiary/aromatic N) is 2. The molecule has 0 unspecified atom stereocenters. The van der Waals surface area contributed by atoms with Crippen LogP contribution in [0.2, 0.25) is 0 Å². The maximum atomic E-state index is 12.3. The second-order valence-corrected chi connectivity index (χ2v) is 5.99. The van der Waals surface area contributed by atoms with Crippen molar-refractivity contribution in [1.82, 2.24) is 15.1 Å². The maximum Gasteiger partial charge on any atom is 0.341 e. The summed E-state index contributed by atoms with van der Waals surface area (Å²) in [7, 11) is 1.68. The van der Waals surface area contributed by atoms with E-state index < -0.39 is 0 Å². The number of aromatic nitrogens is 2. The molecule has 0 bridgehead atoms. The Labute approximate surface area is 158 Å². The Balaban J connectivity index is 1.86. The van der Waals surface area contributed by atoms with Crippen LogP contribution in [-0.4, -0.2) is 55.8 Å². The molecule has 1 aromatic carbocycles. The lowest BCUT2D eigenvalue weighted by Gasteiger charge is -2.19. The van der Waals surface area contributed by atoms with Gasteiger partial charge in [-0.05, 0) is 32.0 Å². The summed E-state index contributed by atoms with van der Waals surface area (Å²) in [6, 6.07) is 5.61. The molecule has 0 spiro atoms. The molecule has 0 fully saturated rings. The number of benzene rings is 1. The van der Waals surface area contributed by atoms with Crippen LogP contribution in [0.1, 0.15) is 29.4 Å². The molecule has 1 aliphatic heterocycles. The van der Waals surface area contributed by atoms with E-state index in [1.807, 2.05) is 18.2 Å². The van der Waals surface area contributed by atoms with Crippen molar-refractivity contribution in [3.63, 3.8) is 0 Å². The molecule has 0 saturated heterocycles. The van der Waals surface area contributed by atoms with Crippen LogP contribution in [0, 0.1) is 0 Å².